The number of carbonyl (C=O) groups is 2. The first-order valence-electron chi connectivity index (χ1n) is 7.41. The molecule has 0 aliphatic carbocycles. The molecule has 0 spiro atoms. The van der Waals surface area contributed by atoms with E-state index < -0.39 is 6.04 Å². The summed E-state index contributed by atoms with van der Waals surface area (Å²) in [7, 11) is 1.51. The van der Waals surface area contributed by atoms with E-state index in [9.17, 15) is 9.59 Å². The molecule has 2 N–H and O–H groups in total. The van der Waals surface area contributed by atoms with Gasteiger partial charge in [0, 0.05) is 5.02 Å². The van der Waals surface area contributed by atoms with Crippen LogP contribution in [0.3, 0.4) is 0 Å². The molecule has 0 saturated carbocycles. The molecule has 7 heteroatoms. The summed E-state index contributed by atoms with van der Waals surface area (Å²) in [6.07, 6.45) is 0. The standard InChI is InChI=1S/C17H19ClN2O3S/c1-10(2)15(20-16(21)14-5-4-8-24-14)17(22)19-12-9-11(18)6-7-13(12)23-3/h4-10,15H,1-3H3,(H,19,22)(H,20,21). The molecule has 1 aromatic heterocycles. The van der Waals surface area contributed by atoms with Crippen molar-refractivity contribution >= 4 is 40.4 Å². The Balaban J connectivity index is 2.15. The highest BCUT2D eigenvalue weighted by molar-refractivity contribution is 7.12. The summed E-state index contributed by atoms with van der Waals surface area (Å²) in [5.41, 5.74) is 0.464. The topological polar surface area (TPSA) is 67.4 Å². The fourth-order valence-corrected chi connectivity index (χ4v) is 2.94. The highest BCUT2D eigenvalue weighted by atomic mass is 35.5. The number of anilines is 1. The third-order valence-electron chi connectivity index (χ3n) is 3.40. The molecule has 0 aliphatic heterocycles. The van der Waals surface area contributed by atoms with Gasteiger partial charge in [0.2, 0.25) is 5.91 Å². The van der Waals surface area contributed by atoms with Gasteiger partial charge in [0.25, 0.3) is 5.91 Å². The fourth-order valence-electron chi connectivity index (χ4n) is 2.14. The average Bonchev–Trinajstić information content (AvgIpc) is 3.06. The molecule has 2 rings (SSSR count). The molecule has 0 aliphatic rings. The van der Waals surface area contributed by atoms with Gasteiger partial charge >= 0.3 is 0 Å². The number of hydrogen-bond donors (Lipinski definition) is 2. The Hall–Kier alpha value is -2.05. The summed E-state index contributed by atoms with van der Waals surface area (Å²) in [4.78, 5) is 25.4. The van der Waals surface area contributed by atoms with Crippen LogP contribution >= 0.6 is 22.9 Å². The van der Waals surface area contributed by atoms with Crippen molar-refractivity contribution < 1.29 is 14.3 Å². The van der Waals surface area contributed by atoms with Crippen molar-refractivity contribution in [2.24, 2.45) is 5.92 Å². The molecular formula is C17H19ClN2O3S. The van der Waals surface area contributed by atoms with Gasteiger partial charge in [-0.05, 0) is 35.6 Å². The first-order valence-corrected chi connectivity index (χ1v) is 8.67. The summed E-state index contributed by atoms with van der Waals surface area (Å²) < 4.78 is 5.22. The van der Waals surface area contributed by atoms with Crippen LogP contribution in [-0.2, 0) is 4.79 Å². The third kappa shape index (κ3) is 4.49. The first kappa shape index (κ1) is 18.3. The lowest BCUT2D eigenvalue weighted by Crippen LogP contribution is -2.47. The minimum atomic E-state index is -0.678. The largest absolute Gasteiger partial charge is 0.495 e. The second kappa shape index (κ2) is 8.17. The van der Waals surface area contributed by atoms with E-state index in [2.05, 4.69) is 10.6 Å². The van der Waals surface area contributed by atoms with E-state index in [1.54, 1.807) is 30.3 Å². The van der Waals surface area contributed by atoms with Crippen molar-refractivity contribution in [2.45, 2.75) is 19.9 Å². The third-order valence-corrected chi connectivity index (χ3v) is 4.50. The molecule has 1 atom stereocenters. The van der Waals surface area contributed by atoms with Crippen molar-refractivity contribution in [1.82, 2.24) is 5.32 Å². The number of thiophene rings is 1. The summed E-state index contributed by atoms with van der Waals surface area (Å²) in [6.45, 7) is 3.74. The van der Waals surface area contributed by atoms with Crippen molar-refractivity contribution in [2.75, 3.05) is 12.4 Å². The molecule has 0 radical (unpaired) electrons. The number of amides is 2. The van der Waals surface area contributed by atoms with Crippen LogP contribution in [0.15, 0.2) is 35.7 Å². The predicted octanol–water partition coefficient (Wildman–Crippen LogP) is 3.80. The number of halogens is 1. The van der Waals surface area contributed by atoms with Crippen LogP contribution in [0.2, 0.25) is 5.02 Å². The second-order valence-corrected chi connectivity index (χ2v) is 6.89. The van der Waals surface area contributed by atoms with Gasteiger partial charge in [-0.15, -0.1) is 11.3 Å². The summed E-state index contributed by atoms with van der Waals surface area (Å²) in [5, 5.41) is 7.85. The summed E-state index contributed by atoms with van der Waals surface area (Å²) >= 11 is 7.30. The molecule has 1 aromatic carbocycles. The number of rotatable bonds is 6. The maximum atomic E-state index is 12.6. The molecule has 2 aromatic rings. The van der Waals surface area contributed by atoms with E-state index in [1.807, 2.05) is 19.2 Å². The highest BCUT2D eigenvalue weighted by Gasteiger charge is 2.25. The van der Waals surface area contributed by atoms with E-state index >= 15 is 0 Å². The lowest BCUT2D eigenvalue weighted by atomic mass is 10.0. The zero-order valence-electron chi connectivity index (χ0n) is 13.6. The number of ether oxygens (including phenoxy) is 1. The Kier molecular flexibility index (Phi) is 6.23. The lowest BCUT2D eigenvalue weighted by molar-refractivity contribution is -0.118. The van der Waals surface area contributed by atoms with Crippen LogP contribution in [0.5, 0.6) is 5.75 Å². The van der Waals surface area contributed by atoms with Crippen LogP contribution in [0.4, 0.5) is 5.69 Å². The quantitative estimate of drug-likeness (QED) is 0.817. The maximum Gasteiger partial charge on any atom is 0.262 e. The predicted molar refractivity (Wildman–Crippen MR) is 97.0 cm³/mol. The van der Waals surface area contributed by atoms with Crippen molar-refractivity contribution in [3.63, 3.8) is 0 Å². The molecule has 0 saturated heterocycles. The van der Waals surface area contributed by atoms with E-state index in [0.29, 0.717) is 21.3 Å². The molecule has 0 fully saturated rings. The zero-order valence-corrected chi connectivity index (χ0v) is 15.2. The first-order chi connectivity index (χ1) is 11.4. The Morgan fingerprint density at radius 2 is 2.00 bits per heavy atom. The minimum absolute atomic E-state index is 0.0842. The number of hydrogen-bond acceptors (Lipinski definition) is 4. The van der Waals surface area contributed by atoms with Crippen LogP contribution in [-0.4, -0.2) is 25.0 Å². The smallest absolute Gasteiger partial charge is 0.262 e. The molecular weight excluding hydrogens is 348 g/mol. The zero-order chi connectivity index (χ0) is 17.7. The van der Waals surface area contributed by atoms with Gasteiger partial charge in [0.15, 0.2) is 0 Å². The van der Waals surface area contributed by atoms with Crippen molar-refractivity contribution in [3.05, 3.63) is 45.6 Å². The Bertz CT molecular complexity index is 717. The second-order valence-electron chi connectivity index (χ2n) is 5.51. The minimum Gasteiger partial charge on any atom is -0.495 e. The Labute approximate surface area is 150 Å². The van der Waals surface area contributed by atoms with Gasteiger partial charge in [-0.25, -0.2) is 0 Å². The van der Waals surface area contributed by atoms with Gasteiger partial charge in [0.1, 0.15) is 11.8 Å². The Morgan fingerprint density at radius 1 is 1.25 bits per heavy atom. The molecule has 24 heavy (non-hydrogen) atoms. The number of methoxy groups -OCH3 is 1. The number of nitrogens with one attached hydrogen (secondary N) is 2. The van der Waals surface area contributed by atoms with Gasteiger partial charge in [0.05, 0.1) is 17.7 Å². The van der Waals surface area contributed by atoms with Crippen LogP contribution in [0.25, 0.3) is 0 Å². The van der Waals surface area contributed by atoms with Gasteiger partial charge < -0.3 is 15.4 Å². The van der Waals surface area contributed by atoms with Gasteiger partial charge in [-0.2, -0.15) is 0 Å². The normalized spacial score (nSPS) is 11.9. The maximum absolute atomic E-state index is 12.6. The van der Waals surface area contributed by atoms with E-state index in [-0.39, 0.29) is 17.7 Å². The van der Waals surface area contributed by atoms with Crippen molar-refractivity contribution in [1.29, 1.82) is 0 Å². The van der Waals surface area contributed by atoms with Crippen molar-refractivity contribution in [3.8, 4) is 5.75 Å². The molecule has 1 heterocycles. The molecule has 1 unspecified atom stereocenters. The SMILES string of the molecule is COc1ccc(Cl)cc1NC(=O)C(NC(=O)c1cccs1)C(C)C. The Morgan fingerprint density at radius 3 is 2.58 bits per heavy atom. The number of carbonyl (C=O) groups excluding carboxylic acids is 2. The lowest BCUT2D eigenvalue weighted by Gasteiger charge is -2.22. The molecule has 0 bridgehead atoms. The monoisotopic (exact) mass is 366 g/mol. The van der Waals surface area contributed by atoms with E-state index in [1.165, 1.54) is 18.4 Å². The highest BCUT2D eigenvalue weighted by Crippen LogP contribution is 2.28. The van der Waals surface area contributed by atoms with Crippen LogP contribution < -0.4 is 15.4 Å². The fraction of sp³-hybridized carbons (Fsp3) is 0.294. The van der Waals surface area contributed by atoms with E-state index in [0.717, 1.165) is 0 Å². The summed E-state index contributed by atoms with van der Waals surface area (Å²) in [6, 6.07) is 7.79. The van der Waals surface area contributed by atoms with Gasteiger partial charge in [-0.1, -0.05) is 31.5 Å². The van der Waals surface area contributed by atoms with Crippen LogP contribution in [0, 0.1) is 5.92 Å². The van der Waals surface area contributed by atoms with Crippen LogP contribution in [0.1, 0.15) is 23.5 Å². The number of benzene rings is 1. The molecule has 2 amide bonds. The summed E-state index contributed by atoms with van der Waals surface area (Å²) in [5.74, 6) is -0.175. The van der Waals surface area contributed by atoms with Gasteiger partial charge in [-0.3, -0.25) is 9.59 Å². The molecule has 128 valence electrons. The van der Waals surface area contributed by atoms with E-state index in [4.69, 9.17) is 16.3 Å². The average molecular weight is 367 g/mol. The molecule has 5 nitrogen and oxygen atoms in total.